The quantitative estimate of drug-likeness (QED) is 0.495. The van der Waals surface area contributed by atoms with E-state index in [1.165, 1.54) is 30.3 Å². The minimum absolute atomic E-state index is 0.0158. The van der Waals surface area contributed by atoms with E-state index < -0.39 is 21.1 Å². The molecule has 0 aliphatic heterocycles. The van der Waals surface area contributed by atoms with Crippen molar-refractivity contribution in [3.05, 3.63) is 67.4 Å². The van der Waals surface area contributed by atoms with Crippen molar-refractivity contribution in [1.29, 1.82) is 0 Å². The largest absolute Gasteiger partial charge is 0.507 e. The molecule has 0 spiro atoms. The molecule has 3 aromatic rings. The number of ether oxygens (including phenoxy) is 1. The zero-order valence-electron chi connectivity index (χ0n) is 17.8. The van der Waals surface area contributed by atoms with E-state index >= 15 is 0 Å². The zero-order valence-corrected chi connectivity index (χ0v) is 20.2. The van der Waals surface area contributed by atoms with E-state index in [-0.39, 0.29) is 49.5 Å². The van der Waals surface area contributed by atoms with Crippen molar-refractivity contribution < 1.29 is 18.3 Å². The van der Waals surface area contributed by atoms with Gasteiger partial charge in [-0.05, 0) is 43.0 Å². The molecule has 0 radical (unpaired) electrons. The number of rotatable bonds is 6. The molecule has 1 heterocycles. The predicted octanol–water partition coefficient (Wildman–Crippen LogP) is 4.08. The first-order valence-electron chi connectivity index (χ1n) is 10.6. The van der Waals surface area contributed by atoms with Crippen LogP contribution in [0.3, 0.4) is 0 Å². The standard InChI is InChI=1S/C22H21Cl2N3O6S/c23-16-8-14(27-22(30)26-20(29)11-25-27)9-17(24)21(16)33-15-6-7-18(28)19(10-15)34(31,32)12-13-4-2-1-3-5-13/h6-11,13,28H,1-5,12H2,(H,26,29,30). The molecule has 0 amide bonds. The van der Waals surface area contributed by atoms with Crippen LogP contribution in [0.5, 0.6) is 17.2 Å². The van der Waals surface area contributed by atoms with Gasteiger partial charge in [0.25, 0.3) is 5.56 Å². The molecular weight excluding hydrogens is 505 g/mol. The molecule has 12 heteroatoms. The fourth-order valence-corrected chi connectivity index (χ4v) is 6.35. The van der Waals surface area contributed by atoms with Gasteiger partial charge in [-0.3, -0.25) is 9.78 Å². The van der Waals surface area contributed by atoms with Gasteiger partial charge in [0.2, 0.25) is 0 Å². The van der Waals surface area contributed by atoms with Gasteiger partial charge in [-0.1, -0.05) is 42.5 Å². The topological polar surface area (TPSA) is 131 Å². The summed E-state index contributed by atoms with van der Waals surface area (Å²) < 4.78 is 32.6. The Morgan fingerprint density at radius 2 is 1.76 bits per heavy atom. The molecule has 2 N–H and O–H groups in total. The summed E-state index contributed by atoms with van der Waals surface area (Å²) in [6.45, 7) is 0. The number of phenolic OH excluding ortho intramolecular Hbond substituents is 1. The van der Waals surface area contributed by atoms with Crippen LogP contribution in [0.2, 0.25) is 10.0 Å². The fourth-order valence-electron chi connectivity index (χ4n) is 3.98. The highest BCUT2D eigenvalue weighted by Gasteiger charge is 2.26. The minimum atomic E-state index is -3.75. The number of hydrogen-bond donors (Lipinski definition) is 2. The number of hydrogen-bond acceptors (Lipinski definition) is 7. The molecule has 2 aromatic carbocycles. The van der Waals surface area contributed by atoms with Crippen LogP contribution in [0.25, 0.3) is 5.69 Å². The van der Waals surface area contributed by atoms with Crippen molar-refractivity contribution in [2.75, 3.05) is 5.75 Å². The Morgan fingerprint density at radius 3 is 2.41 bits per heavy atom. The van der Waals surface area contributed by atoms with E-state index in [0.717, 1.165) is 43.0 Å². The Hall–Kier alpha value is -2.82. The van der Waals surface area contributed by atoms with Crippen LogP contribution in [-0.4, -0.2) is 34.0 Å². The van der Waals surface area contributed by atoms with Gasteiger partial charge < -0.3 is 9.84 Å². The van der Waals surface area contributed by atoms with E-state index in [1.807, 2.05) is 0 Å². The van der Waals surface area contributed by atoms with Crippen molar-refractivity contribution in [1.82, 2.24) is 14.8 Å². The van der Waals surface area contributed by atoms with Crippen LogP contribution >= 0.6 is 23.2 Å². The number of nitrogens with zero attached hydrogens (tertiary/aromatic N) is 2. The molecular formula is C22H21Cl2N3O6S. The predicted molar refractivity (Wildman–Crippen MR) is 127 cm³/mol. The third-order valence-corrected chi connectivity index (χ3v) is 8.08. The molecule has 1 saturated carbocycles. The van der Waals surface area contributed by atoms with Gasteiger partial charge in [0, 0.05) is 6.07 Å². The molecule has 1 fully saturated rings. The average molecular weight is 526 g/mol. The van der Waals surface area contributed by atoms with Crippen LogP contribution in [0.4, 0.5) is 0 Å². The first kappa shape index (κ1) is 24.3. The molecule has 4 rings (SSSR count). The first-order valence-corrected chi connectivity index (χ1v) is 13.0. The maximum Gasteiger partial charge on any atom is 0.349 e. The summed E-state index contributed by atoms with van der Waals surface area (Å²) in [5.41, 5.74) is -1.25. The summed E-state index contributed by atoms with van der Waals surface area (Å²) >= 11 is 12.6. The number of aromatic nitrogens is 3. The Kier molecular flexibility index (Phi) is 7.01. The number of aromatic amines is 1. The Bertz CT molecular complexity index is 1420. The summed E-state index contributed by atoms with van der Waals surface area (Å²) in [6, 6.07) is 6.59. The first-order chi connectivity index (χ1) is 16.1. The molecule has 180 valence electrons. The third kappa shape index (κ3) is 5.29. The van der Waals surface area contributed by atoms with Crippen LogP contribution in [0.1, 0.15) is 32.1 Å². The summed E-state index contributed by atoms with van der Waals surface area (Å²) in [6.07, 6.45) is 5.74. The Labute approximate surface area is 204 Å². The van der Waals surface area contributed by atoms with E-state index in [2.05, 4.69) is 10.1 Å². The highest BCUT2D eigenvalue weighted by molar-refractivity contribution is 7.91. The van der Waals surface area contributed by atoms with Crippen molar-refractivity contribution >= 4 is 33.0 Å². The number of benzene rings is 2. The maximum absolute atomic E-state index is 13.0. The van der Waals surface area contributed by atoms with Crippen molar-refractivity contribution in [3.8, 4) is 22.9 Å². The minimum Gasteiger partial charge on any atom is -0.507 e. The molecule has 0 unspecified atom stereocenters. The van der Waals surface area contributed by atoms with E-state index in [4.69, 9.17) is 27.9 Å². The van der Waals surface area contributed by atoms with Crippen molar-refractivity contribution in [2.45, 2.75) is 37.0 Å². The second kappa shape index (κ2) is 9.81. The highest BCUT2D eigenvalue weighted by Crippen LogP contribution is 2.40. The number of aromatic hydroxyl groups is 1. The van der Waals surface area contributed by atoms with Gasteiger partial charge in [-0.15, -0.1) is 0 Å². The summed E-state index contributed by atoms with van der Waals surface area (Å²) in [7, 11) is -3.75. The van der Waals surface area contributed by atoms with E-state index in [1.54, 1.807) is 0 Å². The number of nitrogens with one attached hydrogen (secondary N) is 1. The molecule has 0 saturated heterocycles. The number of phenols is 1. The van der Waals surface area contributed by atoms with Crippen molar-refractivity contribution in [2.24, 2.45) is 5.92 Å². The van der Waals surface area contributed by atoms with Crippen molar-refractivity contribution in [3.63, 3.8) is 0 Å². The SMILES string of the molecule is O=c1cnn(-c2cc(Cl)c(Oc3ccc(O)c(S(=O)(=O)CC4CCCCC4)c3)c(Cl)c2)c(=O)[nH]1. The maximum atomic E-state index is 13.0. The second-order valence-corrected chi connectivity index (χ2v) is 10.9. The van der Waals surface area contributed by atoms with Crippen LogP contribution in [0.15, 0.2) is 51.0 Å². The van der Waals surface area contributed by atoms with Gasteiger partial charge in [0.15, 0.2) is 15.6 Å². The zero-order chi connectivity index (χ0) is 24.5. The van der Waals surface area contributed by atoms with E-state index in [0.29, 0.717) is 0 Å². The molecule has 34 heavy (non-hydrogen) atoms. The van der Waals surface area contributed by atoms with Crippen LogP contribution < -0.4 is 16.0 Å². The van der Waals surface area contributed by atoms with Gasteiger partial charge in [-0.25, -0.2) is 13.2 Å². The highest BCUT2D eigenvalue weighted by atomic mass is 35.5. The lowest BCUT2D eigenvalue weighted by atomic mass is 9.91. The second-order valence-electron chi connectivity index (χ2n) is 8.11. The third-order valence-electron chi connectivity index (χ3n) is 5.61. The summed E-state index contributed by atoms with van der Waals surface area (Å²) in [5, 5.41) is 14.0. The molecule has 1 aliphatic rings. The fraction of sp³-hybridized carbons (Fsp3) is 0.318. The molecule has 1 aliphatic carbocycles. The van der Waals surface area contributed by atoms with E-state index in [9.17, 15) is 23.1 Å². The molecule has 0 bridgehead atoms. The Balaban J connectivity index is 1.63. The smallest absolute Gasteiger partial charge is 0.349 e. The number of sulfone groups is 1. The molecule has 0 atom stereocenters. The average Bonchev–Trinajstić information content (AvgIpc) is 2.77. The van der Waals surface area contributed by atoms with Gasteiger partial charge >= 0.3 is 5.69 Å². The number of halogens is 2. The Morgan fingerprint density at radius 1 is 1.09 bits per heavy atom. The lowest BCUT2D eigenvalue weighted by molar-refractivity contribution is 0.384. The van der Waals surface area contributed by atoms with Gasteiger partial charge in [-0.2, -0.15) is 9.78 Å². The van der Waals surface area contributed by atoms with Crippen LogP contribution in [0, 0.1) is 5.92 Å². The monoisotopic (exact) mass is 525 g/mol. The lowest BCUT2D eigenvalue weighted by Crippen LogP contribution is -2.30. The normalized spacial score (nSPS) is 14.8. The van der Waals surface area contributed by atoms with Gasteiger partial charge in [0.05, 0.1) is 21.5 Å². The van der Waals surface area contributed by atoms with Crippen LogP contribution in [-0.2, 0) is 9.84 Å². The number of H-pyrrole nitrogens is 1. The lowest BCUT2D eigenvalue weighted by Gasteiger charge is -2.21. The molecule has 9 nitrogen and oxygen atoms in total. The summed E-state index contributed by atoms with van der Waals surface area (Å²) in [5.74, 6) is -0.216. The van der Waals surface area contributed by atoms with Gasteiger partial charge in [0.1, 0.15) is 22.6 Å². The molecule has 1 aromatic heterocycles. The summed E-state index contributed by atoms with van der Waals surface area (Å²) in [4.78, 5) is 25.1.